The van der Waals surface area contributed by atoms with E-state index >= 15 is 0 Å². The van der Waals surface area contributed by atoms with Crippen molar-refractivity contribution >= 4 is 27.5 Å². The maximum absolute atomic E-state index is 12.3. The van der Waals surface area contributed by atoms with Gasteiger partial charge >= 0.3 is 0 Å². The minimum Gasteiger partial charge on any atom is -0.352 e. The molecule has 0 saturated carbocycles. The van der Waals surface area contributed by atoms with E-state index in [-0.39, 0.29) is 16.6 Å². The second kappa shape index (κ2) is 8.07. The standard InChI is InChI=1S/C20H19N5O4S/c1-13-22-18(29-24-13)7-4-12-21-20(26)14-8-10-15(11-9-14)23-19-16-5-2-3-6-17(16)30(27,28)25-19/h2-3,5-6,8-11H,4,7,12H2,1H3,(H,21,26)(H,23,25). The lowest BCUT2D eigenvalue weighted by Gasteiger charge is -2.08. The Hall–Kier alpha value is -3.53. The largest absolute Gasteiger partial charge is 0.352 e. The average Bonchev–Trinajstić information content (AvgIpc) is 3.26. The molecule has 1 aliphatic heterocycles. The lowest BCUT2D eigenvalue weighted by molar-refractivity contribution is 0.0953. The van der Waals surface area contributed by atoms with Gasteiger partial charge in [0.05, 0.1) is 0 Å². The Kier molecular flexibility index (Phi) is 5.32. The molecule has 9 nitrogen and oxygen atoms in total. The van der Waals surface area contributed by atoms with Crippen molar-refractivity contribution in [3.8, 4) is 0 Å². The van der Waals surface area contributed by atoms with Crippen molar-refractivity contribution < 1.29 is 17.7 Å². The zero-order chi connectivity index (χ0) is 21.1. The van der Waals surface area contributed by atoms with Crippen LogP contribution in [-0.2, 0) is 16.4 Å². The Labute approximate surface area is 173 Å². The van der Waals surface area contributed by atoms with E-state index in [1.165, 1.54) is 6.07 Å². The van der Waals surface area contributed by atoms with E-state index in [1.807, 2.05) is 0 Å². The van der Waals surface area contributed by atoms with Gasteiger partial charge in [0.1, 0.15) is 4.90 Å². The lowest BCUT2D eigenvalue weighted by Crippen LogP contribution is -2.24. The smallest absolute Gasteiger partial charge is 0.285 e. The van der Waals surface area contributed by atoms with E-state index in [9.17, 15) is 13.2 Å². The molecule has 10 heteroatoms. The summed E-state index contributed by atoms with van der Waals surface area (Å²) >= 11 is 0. The lowest BCUT2D eigenvalue weighted by atomic mass is 10.1. The average molecular weight is 425 g/mol. The molecule has 1 aliphatic rings. The molecule has 30 heavy (non-hydrogen) atoms. The second-order valence-corrected chi connectivity index (χ2v) is 8.28. The second-order valence-electron chi connectivity index (χ2n) is 6.71. The number of aryl methyl sites for hydroxylation is 2. The highest BCUT2D eigenvalue weighted by Crippen LogP contribution is 2.26. The number of nitrogens with one attached hydrogen (secondary N) is 2. The van der Waals surface area contributed by atoms with Crippen molar-refractivity contribution in [2.45, 2.75) is 24.7 Å². The summed E-state index contributed by atoms with van der Waals surface area (Å²) in [5.41, 5.74) is 1.65. The summed E-state index contributed by atoms with van der Waals surface area (Å²) in [7, 11) is -3.68. The third kappa shape index (κ3) is 4.23. The van der Waals surface area contributed by atoms with Crippen molar-refractivity contribution in [3.05, 3.63) is 71.4 Å². The number of hydrogen-bond acceptors (Lipinski definition) is 7. The monoisotopic (exact) mass is 425 g/mol. The molecule has 2 N–H and O–H groups in total. The fraction of sp³-hybridized carbons (Fsp3) is 0.200. The molecule has 0 aliphatic carbocycles. The first-order chi connectivity index (χ1) is 14.4. The Morgan fingerprint density at radius 3 is 2.60 bits per heavy atom. The number of hydrogen-bond donors (Lipinski definition) is 2. The molecule has 4 rings (SSSR count). The van der Waals surface area contributed by atoms with Crippen LogP contribution in [-0.4, -0.2) is 36.8 Å². The highest BCUT2D eigenvalue weighted by Gasteiger charge is 2.28. The van der Waals surface area contributed by atoms with Crippen LogP contribution in [0.25, 0.3) is 0 Å². The number of carbonyl (C=O) groups excluding carboxylic acids is 1. The van der Waals surface area contributed by atoms with Crippen LogP contribution in [0, 0.1) is 6.92 Å². The molecule has 2 heterocycles. The Bertz CT molecular complexity index is 1220. The summed E-state index contributed by atoms with van der Waals surface area (Å²) in [4.78, 5) is 16.6. The highest BCUT2D eigenvalue weighted by molar-refractivity contribution is 7.90. The molecule has 0 radical (unpaired) electrons. The number of benzene rings is 2. The van der Waals surface area contributed by atoms with Gasteiger partial charge in [-0.3, -0.25) is 4.79 Å². The van der Waals surface area contributed by atoms with Crippen molar-refractivity contribution in [1.29, 1.82) is 0 Å². The van der Waals surface area contributed by atoms with Crippen LogP contribution in [0.2, 0.25) is 0 Å². The molecule has 3 aromatic rings. The van der Waals surface area contributed by atoms with Crippen LogP contribution >= 0.6 is 0 Å². The van der Waals surface area contributed by atoms with Gasteiger partial charge in [-0.05, 0) is 49.7 Å². The van der Waals surface area contributed by atoms with Gasteiger partial charge in [0.25, 0.3) is 15.9 Å². The summed E-state index contributed by atoms with van der Waals surface area (Å²) in [5, 5.41) is 9.57. The van der Waals surface area contributed by atoms with E-state index in [1.54, 1.807) is 49.4 Å². The van der Waals surface area contributed by atoms with Crippen molar-refractivity contribution in [3.63, 3.8) is 0 Å². The Morgan fingerprint density at radius 1 is 1.10 bits per heavy atom. The third-order valence-corrected chi connectivity index (χ3v) is 5.80. The van der Waals surface area contributed by atoms with Gasteiger partial charge < -0.3 is 15.2 Å². The van der Waals surface area contributed by atoms with Crippen LogP contribution in [0.1, 0.15) is 34.1 Å². The molecular formula is C20H19N5O4S. The first kappa shape index (κ1) is 19.8. The minimum atomic E-state index is -3.68. The van der Waals surface area contributed by atoms with E-state index in [0.29, 0.717) is 47.9 Å². The Balaban J connectivity index is 1.33. The predicted molar refractivity (Wildman–Crippen MR) is 110 cm³/mol. The molecule has 0 spiro atoms. The molecule has 0 unspecified atom stereocenters. The number of sulfonamides is 1. The number of anilines is 1. The normalized spacial score (nSPS) is 14.1. The topological polar surface area (TPSA) is 127 Å². The van der Waals surface area contributed by atoms with Crippen molar-refractivity contribution in [2.75, 3.05) is 11.9 Å². The van der Waals surface area contributed by atoms with Crippen LogP contribution in [0.15, 0.2) is 62.3 Å². The quantitative estimate of drug-likeness (QED) is 0.580. The third-order valence-electron chi connectivity index (χ3n) is 4.46. The van der Waals surface area contributed by atoms with Crippen LogP contribution in [0.3, 0.4) is 0 Å². The SMILES string of the molecule is Cc1noc(CCCNC(=O)c2ccc(NC3=NS(=O)(=O)c4ccccc43)cc2)n1. The van der Waals surface area contributed by atoms with Gasteiger partial charge in [0.2, 0.25) is 5.89 Å². The molecule has 154 valence electrons. The molecule has 2 aromatic carbocycles. The number of rotatable bonds is 6. The van der Waals surface area contributed by atoms with Gasteiger partial charge in [-0.25, -0.2) is 0 Å². The van der Waals surface area contributed by atoms with Gasteiger partial charge in [-0.1, -0.05) is 17.3 Å². The molecular weight excluding hydrogens is 406 g/mol. The Morgan fingerprint density at radius 2 is 1.87 bits per heavy atom. The molecule has 1 aromatic heterocycles. The predicted octanol–water partition coefficient (Wildman–Crippen LogP) is 2.30. The molecule has 0 bridgehead atoms. The fourth-order valence-electron chi connectivity index (χ4n) is 3.02. The summed E-state index contributed by atoms with van der Waals surface area (Å²) < 4.78 is 33.1. The van der Waals surface area contributed by atoms with E-state index in [2.05, 4.69) is 25.2 Å². The molecule has 1 amide bonds. The summed E-state index contributed by atoms with van der Waals surface area (Å²) in [6.07, 6.45) is 1.27. The maximum atomic E-state index is 12.3. The number of fused-ring (bicyclic) bond motifs is 1. The first-order valence-electron chi connectivity index (χ1n) is 9.31. The summed E-state index contributed by atoms with van der Waals surface area (Å²) in [5.74, 6) is 1.21. The summed E-state index contributed by atoms with van der Waals surface area (Å²) in [6.45, 7) is 2.23. The van der Waals surface area contributed by atoms with Gasteiger partial charge in [0.15, 0.2) is 11.7 Å². The minimum absolute atomic E-state index is 0.180. The van der Waals surface area contributed by atoms with E-state index in [0.717, 1.165) is 0 Å². The zero-order valence-electron chi connectivity index (χ0n) is 16.1. The molecule has 0 fully saturated rings. The molecule has 0 atom stereocenters. The zero-order valence-corrected chi connectivity index (χ0v) is 16.9. The van der Waals surface area contributed by atoms with Crippen LogP contribution in [0.4, 0.5) is 5.69 Å². The van der Waals surface area contributed by atoms with E-state index < -0.39 is 10.0 Å². The maximum Gasteiger partial charge on any atom is 0.285 e. The van der Waals surface area contributed by atoms with Crippen molar-refractivity contribution in [2.24, 2.45) is 4.40 Å². The number of nitrogens with zero attached hydrogens (tertiary/aromatic N) is 3. The fourth-order valence-corrected chi connectivity index (χ4v) is 4.20. The number of aromatic nitrogens is 2. The van der Waals surface area contributed by atoms with Crippen LogP contribution in [0.5, 0.6) is 0 Å². The summed E-state index contributed by atoms with van der Waals surface area (Å²) in [6, 6.07) is 13.4. The van der Waals surface area contributed by atoms with Gasteiger partial charge in [0, 0.05) is 29.8 Å². The van der Waals surface area contributed by atoms with Crippen LogP contribution < -0.4 is 10.6 Å². The van der Waals surface area contributed by atoms with Gasteiger partial charge in [-0.15, -0.1) is 4.40 Å². The van der Waals surface area contributed by atoms with Gasteiger partial charge in [-0.2, -0.15) is 13.4 Å². The molecule has 0 saturated heterocycles. The van der Waals surface area contributed by atoms with E-state index in [4.69, 9.17) is 4.52 Å². The number of amides is 1. The first-order valence-corrected chi connectivity index (χ1v) is 10.8. The van der Waals surface area contributed by atoms with Crippen molar-refractivity contribution in [1.82, 2.24) is 15.5 Å². The number of carbonyl (C=O) groups is 1. The highest BCUT2D eigenvalue weighted by atomic mass is 32.2. The number of amidine groups is 1.